The number of carbonyl (C=O) groups excluding carboxylic acids is 2. The third-order valence-corrected chi connectivity index (χ3v) is 4.91. The van der Waals surface area contributed by atoms with Crippen molar-refractivity contribution in [3.8, 4) is 23.0 Å². The van der Waals surface area contributed by atoms with Crippen molar-refractivity contribution in [3.05, 3.63) is 88.7 Å². The quantitative estimate of drug-likeness (QED) is 0.365. The summed E-state index contributed by atoms with van der Waals surface area (Å²) in [6.07, 6.45) is 1.64. The van der Waals surface area contributed by atoms with Gasteiger partial charge in [0.15, 0.2) is 17.3 Å². The molecule has 0 amide bonds. The number of aryl methyl sites for hydroxylation is 1. The molecule has 148 valence electrons. The molecule has 2 aliphatic heterocycles. The zero-order valence-corrected chi connectivity index (χ0v) is 16.0. The van der Waals surface area contributed by atoms with Gasteiger partial charge in [-0.1, -0.05) is 24.3 Å². The Balaban J connectivity index is 1.38. The summed E-state index contributed by atoms with van der Waals surface area (Å²) in [5.41, 5.74) is 2.47. The van der Waals surface area contributed by atoms with Crippen molar-refractivity contribution in [2.24, 2.45) is 0 Å². The first-order valence-corrected chi connectivity index (χ1v) is 9.34. The number of allylic oxidation sites excluding steroid dienone is 1. The highest BCUT2D eigenvalue weighted by Gasteiger charge is 2.28. The number of carbonyl (C=O) groups is 2. The van der Waals surface area contributed by atoms with Gasteiger partial charge in [-0.3, -0.25) is 4.79 Å². The van der Waals surface area contributed by atoms with Gasteiger partial charge in [-0.15, -0.1) is 0 Å². The van der Waals surface area contributed by atoms with Crippen LogP contribution in [-0.2, 0) is 0 Å². The Hall–Kier alpha value is -4.06. The predicted molar refractivity (Wildman–Crippen MR) is 108 cm³/mol. The number of ketones is 1. The van der Waals surface area contributed by atoms with E-state index >= 15 is 0 Å². The molecule has 0 saturated heterocycles. The molecule has 0 atom stereocenters. The second-order valence-electron chi connectivity index (χ2n) is 6.91. The fraction of sp³-hybridized carbons (Fsp3) is 0.0833. The number of ether oxygens (including phenoxy) is 4. The van der Waals surface area contributed by atoms with E-state index in [4.69, 9.17) is 18.9 Å². The van der Waals surface area contributed by atoms with Gasteiger partial charge in [0.05, 0.1) is 11.1 Å². The van der Waals surface area contributed by atoms with E-state index in [2.05, 4.69) is 0 Å². The molecule has 0 saturated carbocycles. The maximum atomic E-state index is 12.7. The van der Waals surface area contributed by atoms with E-state index in [1.807, 2.05) is 25.1 Å². The molecule has 6 heteroatoms. The molecule has 0 aliphatic carbocycles. The number of fused-ring (bicyclic) bond motifs is 2. The van der Waals surface area contributed by atoms with E-state index in [1.54, 1.807) is 48.5 Å². The lowest BCUT2D eigenvalue weighted by atomic mass is 10.1. The Kier molecular flexibility index (Phi) is 4.25. The largest absolute Gasteiger partial charge is 0.454 e. The molecule has 3 aromatic carbocycles. The Morgan fingerprint density at radius 2 is 1.80 bits per heavy atom. The molecule has 30 heavy (non-hydrogen) atoms. The number of hydrogen-bond donors (Lipinski definition) is 0. The summed E-state index contributed by atoms with van der Waals surface area (Å²) in [6, 6.07) is 17.3. The van der Waals surface area contributed by atoms with Crippen molar-refractivity contribution >= 4 is 17.8 Å². The van der Waals surface area contributed by atoms with E-state index < -0.39 is 5.97 Å². The lowest BCUT2D eigenvalue weighted by Crippen LogP contribution is -2.10. The third-order valence-electron chi connectivity index (χ3n) is 4.91. The zero-order valence-electron chi connectivity index (χ0n) is 16.0. The average molecular weight is 400 g/mol. The second-order valence-corrected chi connectivity index (χ2v) is 6.91. The van der Waals surface area contributed by atoms with Crippen molar-refractivity contribution in [3.63, 3.8) is 0 Å². The number of benzene rings is 3. The molecular formula is C24H16O6. The lowest BCUT2D eigenvalue weighted by molar-refractivity contribution is 0.0733. The van der Waals surface area contributed by atoms with Gasteiger partial charge < -0.3 is 18.9 Å². The highest BCUT2D eigenvalue weighted by atomic mass is 16.7. The SMILES string of the molecule is Cc1ccccc1C(=O)Oc1ccc2c(c1)O/C(=C\c1ccc3c(c1)OCO3)C2=O. The summed E-state index contributed by atoms with van der Waals surface area (Å²) in [4.78, 5) is 25.1. The fourth-order valence-corrected chi connectivity index (χ4v) is 3.35. The molecule has 0 aromatic heterocycles. The van der Waals surface area contributed by atoms with Crippen molar-refractivity contribution in [1.29, 1.82) is 0 Å². The highest BCUT2D eigenvalue weighted by Crippen LogP contribution is 2.37. The minimum Gasteiger partial charge on any atom is -0.454 e. The predicted octanol–water partition coefficient (Wildman–Crippen LogP) is 4.56. The number of rotatable bonds is 3. The number of esters is 1. The molecule has 2 heterocycles. The number of Topliss-reactive ketones (excluding diaryl/α,β-unsaturated/α-hetero) is 1. The van der Waals surface area contributed by atoms with Gasteiger partial charge in [0.25, 0.3) is 0 Å². The average Bonchev–Trinajstić information content (AvgIpc) is 3.32. The van der Waals surface area contributed by atoms with Crippen LogP contribution < -0.4 is 18.9 Å². The summed E-state index contributed by atoms with van der Waals surface area (Å²) in [6.45, 7) is 2.02. The summed E-state index contributed by atoms with van der Waals surface area (Å²) in [5, 5.41) is 0. The molecule has 0 N–H and O–H groups in total. The van der Waals surface area contributed by atoms with Crippen LogP contribution in [0.2, 0.25) is 0 Å². The van der Waals surface area contributed by atoms with Crippen LogP contribution in [0.4, 0.5) is 0 Å². The van der Waals surface area contributed by atoms with Crippen LogP contribution in [0.15, 0.2) is 66.4 Å². The molecule has 6 nitrogen and oxygen atoms in total. The zero-order chi connectivity index (χ0) is 20.7. The summed E-state index contributed by atoms with van der Waals surface area (Å²) >= 11 is 0. The molecule has 0 fully saturated rings. The van der Waals surface area contributed by atoms with Crippen molar-refractivity contribution in [1.82, 2.24) is 0 Å². The summed E-state index contributed by atoms with van der Waals surface area (Å²) < 4.78 is 21.9. The fourth-order valence-electron chi connectivity index (χ4n) is 3.35. The first-order chi connectivity index (χ1) is 14.6. The monoisotopic (exact) mass is 400 g/mol. The van der Waals surface area contributed by atoms with Gasteiger partial charge in [-0.25, -0.2) is 4.79 Å². The Morgan fingerprint density at radius 3 is 2.67 bits per heavy atom. The van der Waals surface area contributed by atoms with E-state index in [1.165, 1.54) is 0 Å². The maximum Gasteiger partial charge on any atom is 0.343 e. The van der Waals surface area contributed by atoms with Crippen LogP contribution in [0.3, 0.4) is 0 Å². The molecule has 0 radical (unpaired) electrons. The van der Waals surface area contributed by atoms with Crippen molar-refractivity contribution in [2.75, 3.05) is 6.79 Å². The van der Waals surface area contributed by atoms with Crippen LogP contribution in [0.5, 0.6) is 23.0 Å². The second kappa shape index (κ2) is 7.08. The van der Waals surface area contributed by atoms with Crippen LogP contribution in [-0.4, -0.2) is 18.5 Å². The molecule has 0 bridgehead atoms. The van der Waals surface area contributed by atoms with Crippen molar-refractivity contribution in [2.45, 2.75) is 6.92 Å². The molecule has 0 unspecified atom stereocenters. The molecule has 3 aromatic rings. The number of hydrogen-bond acceptors (Lipinski definition) is 6. The first-order valence-electron chi connectivity index (χ1n) is 9.34. The van der Waals surface area contributed by atoms with Gasteiger partial charge >= 0.3 is 5.97 Å². The van der Waals surface area contributed by atoms with E-state index in [0.717, 1.165) is 11.1 Å². The Morgan fingerprint density at radius 1 is 0.967 bits per heavy atom. The maximum absolute atomic E-state index is 12.7. The van der Waals surface area contributed by atoms with Gasteiger partial charge in [0.1, 0.15) is 11.5 Å². The summed E-state index contributed by atoms with van der Waals surface area (Å²) in [7, 11) is 0. The molecular weight excluding hydrogens is 384 g/mol. The van der Waals surface area contributed by atoms with Crippen LogP contribution in [0.1, 0.15) is 31.8 Å². The van der Waals surface area contributed by atoms with Gasteiger partial charge in [-0.05, 0) is 54.5 Å². The lowest BCUT2D eigenvalue weighted by Gasteiger charge is -2.07. The highest BCUT2D eigenvalue weighted by molar-refractivity contribution is 6.14. The van der Waals surface area contributed by atoms with Crippen LogP contribution in [0.25, 0.3) is 6.08 Å². The van der Waals surface area contributed by atoms with Crippen LogP contribution >= 0.6 is 0 Å². The van der Waals surface area contributed by atoms with Crippen LogP contribution in [0, 0.1) is 6.92 Å². The minimum atomic E-state index is -0.464. The smallest absolute Gasteiger partial charge is 0.343 e. The first kappa shape index (κ1) is 18.0. The molecule has 5 rings (SSSR count). The minimum absolute atomic E-state index is 0.181. The standard InChI is InChI=1S/C24H16O6/c1-14-4-2-3-5-17(14)24(26)29-16-7-8-18-20(12-16)30-22(23(18)25)11-15-6-9-19-21(10-15)28-13-27-19/h2-12H,13H2,1H3/b22-11-. The third kappa shape index (κ3) is 3.18. The Bertz CT molecular complexity index is 1220. The van der Waals surface area contributed by atoms with Gasteiger partial charge in [0, 0.05) is 6.07 Å². The van der Waals surface area contributed by atoms with E-state index in [0.29, 0.717) is 34.1 Å². The van der Waals surface area contributed by atoms with Gasteiger partial charge in [-0.2, -0.15) is 0 Å². The normalized spacial score (nSPS) is 15.1. The Labute approximate surface area is 172 Å². The summed E-state index contributed by atoms with van der Waals surface area (Å²) in [5.74, 6) is 1.43. The topological polar surface area (TPSA) is 71.1 Å². The van der Waals surface area contributed by atoms with Crippen molar-refractivity contribution < 1.29 is 28.5 Å². The molecule has 0 spiro atoms. The van der Waals surface area contributed by atoms with E-state index in [9.17, 15) is 9.59 Å². The van der Waals surface area contributed by atoms with E-state index in [-0.39, 0.29) is 18.3 Å². The van der Waals surface area contributed by atoms with Gasteiger partial charge in [0.2, 0.25) is 12.6 Å². The molecule has 2 aliphatic rings.